The first kappa shape index (κ1) is 14.0. The van der Waals surface area contributed by atoms with Crippen LogP contribution >= 0.6 is 0 Å². The maximum atomic E-state index is 11.9. The molecule has 20 heavy (non-hydrogen) atoms. The van der Waals surface area contributed by atoms with Gasteiger partial charge in [0.2, 0.25) is 5.91 Å². The van der Waals surface area contributed by atoms with Gasteiger partial charge in [-0.25, -0.2) is 0 Å². The molecule has 106 valence electrons. The Bertz CT molecular complexity index is 584. The molecular weight excluding hydrogens is 264 g/mol. The molecule has 1 amide bonds. The van der Waals surface area contributed by atoms with Crippen LogP contribution in [0.3, 0.4) is 0 Å². The third kappa shape index (κ3) is 2.47. The van der Waals surface area contributed by atoms with Crippen LogP contribution in [0.5, 0.6) is 0 Å². The smallest absolute Gasteiger partial charge is 0.311 e. The number of methoxy groups -OCH3 is 1. The van der Waals surface area contributed by atoms with Crippen LogP contribution in [0.25, 0.3) is 0 Å². The molecule has 1 aliphatic heterocycles. The fourth-order valence-corrected chi connectivity index (χ4v) is 2.24. The topological polar surface area (TPSA) is 89.8 Å². The van der Waals surface area contributed by atoms with Gasteiger partial charge in [0.25, 0.3) is 5.69 Å². The standard InChI is InChI=1S/C13H14N2O5/c1-8-3-4-10(6-11(8)15(18)19)14-7-9(5-12(14)16)13(17)20-2/h3-4,6,9H,5,7H2,1-2H3/t9-/m0/s1. The Kier molecular flexibility index (Phi) is 3.69. The second-order valence-electron chi connectivity index (χ2n) is 4.66. The first-order valence-corrected chi connectivity index (χ1v) is 6.07. The largest absolute Gasteiger partial charge is 0.469 e. The van der Waals surface area contributed by atoms with E-state index in [1.807, 2.05) is 0 Å². The second kappa shape index (κ2) is 5.28. The van der Waals surface area contributed by atoms with Crippen molar-refractivity contribution in [1.29, 1.82) is 0 Å². The van der Waals surface area contributed by atoms with Crippen molar-refractivity contribution in [3.63, 3.8) is 0 Å². The number of hydrogen-bond acceptors (Lipinski definition) is 5. The number of benzene rings is 1. The van der Waals surface area contributed by atoms with Gasteiger partial charge in [0.15, 0.2) is 0 Å². The Morgan fingerprint density at radius 3 is 2.80 bits per heavy atom. The molecule has 1 saturated heterocycles. The number of anilines is 1. The fraction of sp³-hybridized carbons (Fsp3) is 0.385. The van der Waals surface area contributed by atoms with E-state index in [0.29, 0.717) is 11.3 Å². The molecule has 1 aliphatic rings. The molecule has 0 aliphatic carbocycles. The van der Waals surface area contributed by atoms with Crippen LogP contribution in [-0.2, 0) is 14.3 Å². The number of esters is 1. The highest BCUT2D eigenvalue weighted by Crippen LogP contribution is 2.30. The van der Waals surface area contributed by atoms with Gasteiger partial charge in [-0.3, -0.25) is 19.7 Å². The van der Waals surface area contributed by atoms with E-state index in [1.54, 1.807) is 19.1 Å². The monoisotopic (exact) mass is 278 g/mol. The summed E-state index contributed by atoms with van der Waals surface area (Å²) >= 11 is 0. The summed E-state index contributed by atoms with van der Waals surface area (Å²) in [5.74, 6) is -1.20. The van der Waals surface area contributed by atoms with Gasteiger partial charge in [0.05, 0.1) is 23.6 Å². The summed E-state index contributed by atoms with van der Waals surface area (Å²) in [4.78, 5) is 35.2. The number of carbonyl (C=O) groups is 2. The number of carbonyl (C=O) groups excluding carboxylic acids is 2. The Morgan fingerprint density at radius 2 is 2.20 bits per heavy atom. The van der Waals surface area contributed by atoms with Gasteiger partial charge in [0.1, 0.15) is 0 Å². The molecule has 7 nitrogen and oxygen atoms in total. The minimum Gasteiger partial charge on any atom is -0.469 e. The Hall–Kier alpha value is -2.44. The zero-order valence-electron chi connectivity index (χ0n) is 11.2. The quantitative estimate of drug-likeness (QED) is 0.474. The summed E-state index contributed by atoms with van der Waals surface area (Å²) in [7, 11) is 1.27. The molecule has 1 fully saturated rings. The van der Waals surface area contributed by atoms with Gasteiger partial charge in [-0.1, -0.05) is 6.07 Å². The van der Waals surface area contributed by atoms with Gasteiger partial charge < -0.3 is 9.64 Å². The van der Waals surface area contributed by atoms with E-state index in [4.69, 9.17) is 0 Å². The lowest BCUT2D eigenvalue weighted by Crippen LogP contribution is -2.26. The van der Waals surface area contributed by atoms with Gasteiger partial charge >= 0.3 is 5.97 Å². The van der Waals surface area contributed by atoms with E-state index in [9.17, 15) is 19.7 Å². The van der Waals surface area contributed by atoms with E-state index >= 15 is 0 Å². The lowest BCUT2D eigenvalue weighted by molar-refractivity contribution is -0.385. The molecule has 0 spiro atoms. The predicted octanol–water partition coefficient (Wildman–Crippen LogP) is 1.43. The maximum Gasteiger partial charge on any atom is 0.311 e. The van der Waals surface area contributed by atoms with Crippen molar-refractivity contribution in [3.05, 3.63) is 33.9 Å². The van der Waals surface area contributed by atoms with Gasteiger partial charge in [-0.05, 0) is 13.0 Å². The van der Waals surface area contributed by atoms with Crippen LogP contribution in [0, 0.1) is 23.0 Å². The van der Waals surface area contributed by atoms with Crippen molar-refractivity contribution >= 4 is 23.3 Å². The van der Waals surface area contributed by atoms with Crippen LogP contribution in [0.15, 0.2) is 18.2 Å². The third-order valence-electron chi connectivity index (χ3n) is 3.36. The molecule has 1 aromatic carbocycles. The molecule has 1 heterocycles. The molecule has 0 bridgehead atoms. The second-order valence-corrected chi connectivity index (χ2v) is 4.66. The van der Waals surface area contributed by atoms with E-state index in [2.05, 4.69) is 4.74 Å². The third-order valence-corrected chi connectivity index (χ3v) is 3.36. The number of amides is 1. The minimum absolute atomic E-state index is 0.0446. The average Bonchev–Trinajstić information content (AvgIpc) is 2.80. The molecule has 0 aromatic heterocycles. The number of nitro groups is 1. The van der Waals surface area contributed by atoms with Gasteiger partial charge in [-0.15, -0.1) is 0 Å². The highest BCUT2D eigenvalue weighted by Gasteiger charge is 2.36. The number of nitro benzene ring substituents is 1. The number of nitrogens with zero attached hydrogens (tertiary/aromatic N) is 2. The lowest BCUT2D eigenvalue weighted by Gasteiger charge is -2.16. The fourth-order valence-electron chi connectivity index (χ4n) is 2.24. The van der Waals surface area contributed by atoms with Crippen molar-refractivity contribution in [3.8, 4) is 0 Å². The summed E-state index contributed by atoms with van der Waals surface area (Å²) in [5, 5.41) is 10.9. The zero-order valence-corrected chi connectivity index (χ0v) is 11.2. The summed E-state index contributed by atoms with van der Waals surface area (Å²) in [6.07, 6.45) is 0.0638. The normalized spacial score (nSPS) is 18.2. The summed E-state index contributed by atoms with van der Waals surface area (Å²) in [6.45, 7) is 1.82. The molecule has 0 saturated carbocycles. The first-order valence-electron chi connectivity index (χ1n) is 6.07. The predicted molar refractivity (Wildman–Crippen MR) is 70.3 cm³/mol. The maximum absolute atomic E-state index is 11.9. The van der Waals surface area contributed by atoms with E-state index in [1.165, 1.54) is 18.1 Å². The lowest BCUT2D eigenvalue weighted by atomic mass is 10.1. The number of aryl methyl sites for hydroxylation is 1. The van der Waals surface area contributed by atoms with Crippen molar-refractivity contribution < 1.29 is 19.2 Å². The molecule has 1 atom stereocenters. The Morgan fingerprint density at radius 1 is 1.50 bits per heavy atom. The zero-order chi connectivity index (χ0) is 14.9. The molecular formula is C13H14N2O5. The van der Waals surface area contributed by atoms with Crippen LogP contribution < -0.4 is 4.90 Å². The number of ether oxygens (including phenoxy) is 1. The minimum atomic E-state index is -0.521. The highest BCUT2D eigenvalue weighted by atomic mass is 16.6. The van der Waals surface area contributed by atoms with Crippen molar-refractivity contribution in [2.45, 2.75) is 13.3 Å². The average molecular weight is 278 g/mol. The van der Waals surface area contributed by atoms with Crippen molar-refractivity contribution in [2.75, 3.05) is 18.6 Å². The molecule has 1 aromatic rings. The number of rotatable bonds is 3. The van der Waals surface area contributed by atoms with Crippen molar-refractivity contribution in [2.24, 2.45) is 5.92 Å². The molecule has 0 unspecified atom stereocenters. The highest BCUT2D eigenvalue weighted by molar-refractivity contribution is 5.99. The molecule has 0 N–H and O–H groups in total. The molecule has 7 heteroatoms. The van der Waals surface area contributed by atoms with Crippen LogP contribution in [0.2, 0.25) is 0 Å². The van der Waals surface area contributed by atoms with E-state index in [0.717, 1.165) is 0 Å². The van der Waals surface area contributed by atoms with E-state index < -0.39 is 16.8 Å². The summed E-state index contributed by atoms with van der Waals surface area (Å²) < 4.78 is 4.62. The Balaban J connectivity index is 2.28. The van der Waals surface area contributed by atoms with Crippen LogP contribution in [-0.4, -0.2) is 30.5 Å². The summed E-state index contributed by atoms with van der Waals surface area (Å²) in [5.41, 5.74) is 0.908. The van der Waals surface area contributed by atoms with Gasteiger partial charge in [-0.2, -0.15) is 0 Å². The molecule has 2 rings (SSSR count). The summed E-state index contributed by atoms with van der Waals surface area (Å²) in [6, 6.07) is 4.58. The van der Waals surface area contributed by atoms with Crippen LogP contribution in [0.1, 0.15) is 12.0 Å². The number of hydrogen-bond donors (Lipinski definition) is 0. The Labute approximate surface area is 115 Å². The van der Waals surface area contributed by atoms with Gasteiger partial charge in [0, 0.05) is 24.6 Å². The molecule has 0 radical (unpaired) electrons. The van der Waals surface area contributed by atoms with E-state index in [-0.39, 0.29) is 24.6 Å². The van der Waals surface area contributed by atoms with Crippen molar-refractivity contribution in [1.82, 2.24) is 0 Å². The first-order chi connectivity index (χ1) is 9.43. The van der Waals surface area contributed by atoms with Crippen LogP contribution in [0.4, 0.5) is 11.4 Å². The SMILES string of the molecule is COC(=O)[C@H]1CC(=O)N(c2ccc(C)c([N+](=O)[O-])c2)C1.